The lowest BCUT2D eigenvalue weighted by Gasteiger charge is -2.41. The summed E-state index contributed by atoms with van der Waals surface area (Å²) >= 11 is 0. The number of benzene rings is 2. The average Bonchev–Trinajstić information content (AvgIpc) is 2.89. The van der Waals surface area contributed by atoms with E-state index < -0.39 is 33.5 Å². The third-order valence-electron chi connectivity index (χ3n) is 7.76. The number of anilines is 1. The number of carboxylic acid groups (broad SMARTS) is 1. The maximum absolute atomic E-state index is 14.9. The molecule has 38 heavy (non-hydrogen) atoms. The summed E-state index contributed by atoms with van der Waals surface area (Å²) in [5, 5.41) is 21.6. The second kappa shape index (κ2) is 10.1. The Labute approximate surface area is 217 Å². The molecule has 3 heterocycles. The lowest BCUT2D eigenvalue weighted by molar-refractivity contribution is -0.384. The maximum Gasteiger partial charge on any atom is 0.341 e. The van der Waals surface area contributed by atoms with Crippen LogP contribution < -0.4 is 10.3 Å². The van der Waals surface area contributed by atoms with E-state index in [2.05, 4.69) is 4.90 Å². The number of carbonyl (C=O) groups is 1. The standard InChI is InChI=1S/C27H28F2N4O5/c1-16-24-19(26(34)20(27(35)36)15-32(24)22-6-5-17(28)13-21(22)29)14-23(33(37)38)25(16)31-11-7-18(8-12-31)30-9-3-2-4-10-30/h5-6,13-15,18H,2-4,7-12H2,1H3,(H,35,36). The molecule has 200 valence electrons. The van der Waals surface area contributed by atoms with Crippen molar-refractivity contribution in [1.82, 2.24) is 9.47 Å². The van der Waals surface area contributed by atoms with Gasteiger partial charge in [0.15, 0.2) is 0 Å². The number of carboxylic acids is 1. The summed E-state index contributed by atoms with van der Waals surface area (Å²) in [7, 11) is 0. The number of aromatic nitrogens is 1. The van der Waals surface area contributed by atoms with E-state index in [0.717, 1.165) is 50.3 Å². The Morgan fingerprint density at radius 1 is 1.08 bits per heavy atom. The predicted octanol–water partition coefficient (Wildman–Crippen LogP) is 4.64. The summed E-state index contributed by atoms with van der Waals surface area (Å²) in [5.41, 5.74) is -1.26. The Morgan fingerprint density at radius 3 is 2.37 bits per heavy atom. The molecule has 1 aromatic heterocycles. The molecule has 0 radical (unpaired) electrons. The first-order valence-corrected chi connectivity index (χ1v) is 12.7. The van der Waals surface area contributed by atoms with Gasteiger partial charge in [0.05, 0.1) is 21.5 Å². The van der Waals surface area contributed by atoms with E-state index in [1.807, 2.05) is 4.90 Å². The molecule has 1 N–H and O–H groups in total. The van der Waals surface area contributed by atoms with Gasteiger partial charge in [-0.15, -0.1) is 0 Å². The van der Waals surface area contributed by atoms with E-state index >= 15 is 0 Å². The molecule has 2 aromatic carbocycles. The Hall–Kier alpha value is -3.86. The van der Waals surface area contributed by atoms with Gasteiger partial charge in [0.25, 0.3) is 5.69 Å². The highest BCUT2D eigenvalue weighted by molar-refractivity contribution is 5.98. The number of aromatic carboxylic acids is 1. The van der Waals surface area contributed by atoms with Crippen LogP contribution >= 0.6 is 0 Å². The van der Waals surface area contributed by atoms with Gasteiger partial charge in [-0.2, -0.15) is 0 Å². The number of hydrogen-bond acceptors (Lipinski definition) is 6. The van der Waals surface area contributed by atoms with Gasteiger partial charge in [-0.05, 0) is 57.8 Å². The number of rotatable bonds is 5. The summed E-state index contributed by atoms with van der Waals surface area (Å²) in [5.74, 6) is -3.34. The average molecular weight is 527 g/mol. The molecule has 5 rings (SSSR count). The molecule has 0 atom stereocenters. The number of aryl methyl sites for hydroxylation is 1. The molecule has 2 aliphatic rings. The topological polar surface area (TPSA) is 109 Å². The third-order valence-corrected chi connectivity index (χ3v) is 7.76. The highest BCUT2D eigenvalue weighted by Crippen LogP contribution is 2.39. The molecule has 0 unspecified atom stereocenters. The summed E-state index contributed by atoms with van der Waals surface area (Å²) in [6.45, 7) is 4.86. The third kappa shape index (κ3) is 4.51. The first-order valence-electron chi connectivity index (χ1n) is 12.7. The monoisotopic (exact) mass is 526 g/mol. The quantitative estimate of drug-likeness (QED) is 0.381. The van der Waals surface area contributed by atoms with Crippen LogP contribution in [0.4, 0.5) is 20.2 Å². The van der Waals surface area contributed by atoms with Crippen molar-refractivity contribution in [2.24, 2.45) is 0 Å². The van der Waals surface area contributed by atoms with Gasteiger partial charge in [-0.1, -0.05) is 6.42 Å². The molecule has 9 nitrogen and oxygen atoms in total. The smallest absolute Gasteiger partial charge is 0.341 e. The Kier molecular flexibility index (Phi) is 6.87. The van der Waals surface area contributed by atoms with E-state index in [-0.39, 0.29) is 22.3 Å². The normalized spacial score (nSPS) is 17.2. The number of nitro groups is 1. The Balaban J connectivity index is 1.68. The highest BCUT2D eigenvalue weighted by atomic mass is 19.1. The molecule has 0 bridgehead atoms. The van der Waals surface area contributed by atoms with Crippen molar-refractivity contribution in [2.75, 3.05) is 31.1 Å². The largest absolute Gasteiger partial charge is 0.477 e. The van der Waals surface area contributed by atoms with Crippen molar-refractivity contribution in [2.45, 2.75) is 45.1 Å². The van der Waals surface area contributed by atoms with Gasteiger partial charge in [0.2, 0.25) is 5.43 Å². The molecular formula is C27H28F2N4O5. The second-order valence-electron chi connectivity index (χ2n) is 9.98. The highest BCUT2D eigenvalue weighted by Gasteiger charge is 2.32. The fraction of sp³-hybridized carbons (Fsp3) is 0.407. The van der Waals surface area contributed by atoms with Crippen LogP contribution in [-0.4, -0.2) is 57.7 Å². The minimum Gasteiger partial charge on any atom is -0.477 e. The van der Waals surface area contributed by atoms with Gasteiger partial charge in [-0.25, -0.2) is 13.6 Å². The molecular weight excluding hydrogens is 498 g/mol. The zero-order chi connectivity index (χ0) is 27.1. The summed E-state index contributed by atoms with van der Waals surface area (Å²) in [6.07, 6.45) is 6.22. The zero-order valence-corrected chi connectivity index (χ0v) is 21.0. The molecule has 2 aliphatic heterocycles. The van der Waals surface area contributed by atoms with Crippen molar-refractivity contribution in [3.63, 3.8) is 0 Å². The predicted molar refractivity (Wildman–Crippen MR) is 138 cm³/mol. The first-order chi connectivity index (χ1) is 18.2. The Morgan fingerprint density at radius 2 is 1.76 bits per heavy atom. The summed E-state index contributed by atoms with van der Waals surface area (Å²) in [4.78, 5) is 41.0. The number of hydrogen-bond donors (Lipinski definition) is 1. The lowest BCUT2D eigenvalue weighted by Crippen LogP contribution is -2.47. The summed E-state index contributed by atoms with van der Waals surface area (Å²) in [6, 6.07) is 4.31. The number of pyridine rings is 1. The van der Waals surface area contributed by atoms with Crippen LogP contribution in [0.5, 0.6) is 0 Å². The Bertz CT molecular complexity index is 1490. The molecule has 2 saturated heterocycles. The van der Waals surface area contributed by atoms with Crippen molar-refractivity contribution >= 4 is 28.2 Å². The molecule has 2 fully saturated rings. The van der Waals surface area contributed by atoms with Gasteiger partial charge in [0.1, 0.15) is 22.9 Å². The fourth-order valence-corrected chi connectivity index (χ4v) is 5.96. The van der Waals surface area contributed by atoms with Crippen LogP contribution in [0.15, 0.2) is 35.3 Å². The minimum atomic E-state index is -1.56. The van der Waals surface area contributed by atoms with Gasteiger partial charge in [0, 0.05) is 43.0 Å². The second-order valence-corrected chi connectivity index (χ2v) is 9.98. The maximum atomic E-state index is 14.9. The molecule has 0 saturated carbocycles. The number of likely N-dealkylation sites (tertiary alicyclic amines) is 1. The minimum absolute atomic E-state index is 0.143. The van der Waals surface area contributed by atoms with Crippen molar-refractivity contribution in [3.05, 3.63) is 73.6 Å². The van der Waals surface area contributed by atoms with Crippen LogP contribution in [0, 0.1) is 28.7 Å². The summed E-state index contributed by atoms with van der Waals surface area (Å²) < 4.78 is 29.7. The molecule has 3 aromatic rings. The van der Waals surface area contributed by atoms with E-state index in [4.69, 9.17) is 0 Å². The van der Waals surface area contributed by atoms with Gasteiger partial charge >= 0.3 is 5.97 Å². The van der Waals surface area contributed by atoms with Crippen LogP contribution in [0.1, 0.15) is 48.0 Å². The molecule has 0 aliphatic carbocycles. The molecule has 11 heteroatoms. The lowest BCUT2D eigenvalue weighted by atomic mass is 9.97. The van der Waals surface area contributed by atoms with Crippen LogP contribution in [-0.2, 0) is 0 Å². The number of nitro benzene ring substituents is 1. The van der Waals surface area contributed by atoms with Crippen LogP contribution in [0.3, 0.4) is 0 Å². The fourth-order valence-electron chi connectivity index (χ4n) is 5.96. The van der Waals surface area contributed by atoms with E-state index in [9.17, 15) is 33.6 Å². The zero-order valence-electron chi connectivity index (χ0n) is 21.0. The van der Waals surface area contributed by atoms with E-state index in [1.165, 1.54) is 23.8 Å². The number of nitrogens with zero attached hydrogens (tertiary/aromatic N) is 4. The van der Waals surface area contributed by atoms with E-state index in [0.29, 0.717) is 36.4 Å². The SMILES string of the molecule is Cc1c(N2CCC(N3CCCCC3)CC2)c([N+](=O)[O-])cc2c(=O)c(C(=O)O)cn(-c3ccc(F)cc3F)c12. The first kappa shape index (κ1) is 25.8. The van der Waals surface area contributed by atoms with Crippen molar-refractivity contribution < 1.29 is 23.6 Å². The van der Waals surface area contributed by atoms with Crippen LogP contribution in [0.25, 0.3) is 16.6 Å². The van der Waals surface area contributed by atoms with E-state index in [1.54, 1.807) is 6.92 Å². The number of halogens is 2. The molecule has 0 amide bonds. The van der Waals surface area contributed by atoms with Crippen molar-refractivity contribution in [1.29, 1.82) is 0 Å². The van der Waals surface area contributed by atoms with Crippen molar-refractivity contribution in [3.8, 4) is 5.69 Å². The number of piperidine rings is 2. The van der Waals surface area contributed by atoms with Gasteiger partial charge in [-0.3, -0.25) is 14.9 Å². The van der Waals surface area contributed by atoms with Gasteiger partial charge < -0.3 is 19.5 Å². The van der Waals surface area contributed by atoms with Crippen LogP contribution in [0.2, 0.25) is 0 Å². The number of fused-ring (bicyclic) bond motifs is 1. The molecule has 0 spiro atoms.